The summed E-state index contributed by atoms with van der Waals surface area (Å²) < 4.78 is 46.3. The van der Waals surface area contributed by atoms with E-state index in [1.54, 1.807) is 14.2 Å². The number of azo groups is 2. The highest BCUT2D eigenvalue weighted by Gasteiger charge is 2.04. The van der Waals surface area contributed by atoms with Crippen LogP contribution in [-0.4, -0.2) is 66.3 Å². The van der Waals surface area contributed by atoms with Crippen molar-refractivity contribution in [2.24, 2.45) is 30.4 Å². The number of ether oxygens (including phenoxy) is 8. The Bertz CT molecular complexity index is 3100. The van der Waals surface area contributed by atoms with Gasteiger partial charge in [-0.3, -0.25) is 9.98 Å². The number of unbranched alkanes of at least 4 members (excludes halogenated alkanes) is 15. The van der Waals surface area contributed by atoms with Crippen LogP contribution >= 0.6 is 0 Å². The molecule has 0 amide bonds. The maximum absolute atomic E-state index is 6.02. The van der Waals surface area contributed by atoms with Crippen molar-refractivity contribution in [3.8, 4) is 46.0 Å². The van der Waals surface area contributed by atoms with Crippen LogP contribution in [0.5, 0.6) is 46.0 Å². The molecule has 90 heavy (non-hydrogen) atoms. The third kappa shape index (κ3) is 26.6. The van der Waals surface area contributed by atoms with Gasteiger partial charge in [-0.15, -0.1) is 0 Å². The summed E-state index contributed by atoms with van der Waals surface area (Å²) in [7, 11) is 3.29. The fraction of sp³-hybridized carbons (Fsp3) is 0.342. The quantitative estimate of drug-likeness (QED) is 0.0208. The van der Waals surface area contributed by atoms with Crippen LogP contribution in [0.25, 0.3) is 0 Å². The zero-order chi connectivity index (χ0) is 62.1. The lowest BCUT2D eigenvalue weighted by molar-refractivity contribution is 0.287. The van der Waals surface area contributed by atoms with Gasteiger partial charge in [0, 0.05) is 12.4 Å². The lowest BCUT2D eigenvalue weighted by Gasteiger charge is -2.08. The fourth-order valence-electron chi connectivity index (χ4n) is 9.48. The van der Waals surface area contributed by atoms with E-state index in [-0.39, 0.29) is 0 Å². The van der Waals surface area contributed by atoms with Crippen LogP contribution in [0.4, 0.5) is 34.1 Å². The van der Waals surface area contributed by atoms with E-state index < -0.39 is 0 Å². The number of nitrogens with zero attached hydrogens (tertiary/aromatic N) is 6. The SMILES string of the molecule is COc1ccc(N=Nc2ccc(OCCCCCCCCCOc3ccc(C=Nc4ccc(OCCCCCCOc5ccc(N=Cc6ccc(OCCCCCCCCCOc7ccc(N=Nc8ccc(OC)cc8)cc7)cc6)cc5)cc4)cc3)cc2)cc1. The molecule has 0 aliphatic rings. The molecule has 0 N–H and O–H groups in total. The summed E-state index contributed by atoms with van der Waals surface area (Å²) in [4.78, 5) is 9.33. The molecule has 0 radical (unpaired) electrons. The van der Waals surface area contributed by atoms with E-state index in [9.17, 15) is 0 Å². The maximum atomic E-state index is 6.02. The van der Waals surface area contributed by atoms with Crippen LogP contribution in [-0.2, 0) is 0 Å². The Morgan fingerprint density at radius 1 is 0.211 bits per heavy atom. The van der Waals surface area contributed by atoms with Crippen LogP contribution in [0.2, 0.25) is 0 Å². The zero-order valence-corrected chi connectivity index (χ0v) is 52.5. The molecule has 0 aromatic heterocycles. The van der Waals surface area contributed by atoms with Gasteiger partial charge >= 0.3 is 0 Å². The van der Waals surface area contributed by atoms with Gasteiger partial charge < -0.3 is 37.9 Å². The van der Waals surface area contributed by atoms with Gasteiger partial charge in [-0.2, -0.15) is 20.5 Å². The Balaban J connectivity index is 0.563. The highest BCUT2D eigenvalue weighted by molar-refractivity contribution is 5.82. The molecule has 0 unspecified atom stereocenters. The standard InChI is InChI=1S/C76H88N6O8/c1-83-69-41-29-65(30-42-69)79-81-67-33-49-75(50-34-67)89-55-17-11-7-3-5-9-15-53-85-71-37-21-61(22-38-71)59-77-63-25-45-73(46-26-63)87-57-19-13-14-20-58-88-74-47-27-64(28-48-74)78-60-62-23-39-72(40-24-62)86-54-16-10-6-4-8-12-18-56-90-76-51-35-68(36-52-76)82-80-66-31-43-70(84-2)44-32-66/h21-52,59-60H,3-20,53-58H2,1-2H3. The van der Waals surface area contributed by atoms with E-state index in [2.05, 4.69) is 30.4 Å². The van der Waals surface area contributed by atoms with E-state index in [0.29, 0.717) is 26.4 Å². The number of methoxy groups -OCH3 is 2. The first-order chi connectivity index (χ1) is 44.5. The van der Waals surface area contributed by atoms with Crippen molar-refractivity contribution in [2.75, 3.05) is 53.9 Å². The van der Waals surface area contributed by atoms with Crippen LogP contribution in [0.3, 0.4) is 0 Å². The number of rotatable bonds is 43. The third-order valence-corrected chi connectivity index (χ3v) is 14.8. The molecule has 14 nitrogen and oxygen atoms in total. The first-order valence-corrected chi connectivity index (χ1v) is 32.1. The van der Waals surface area contributed by atoms with E-state index in [1.807, 2.05) is 207 Å². The molecule has 0 aliphatic heterocycles. The molecule has 0 atom stereocenters. The van der Waals surface area contributed by atoms with Crippen LogP contribution < -0.4 is 37.9 Å². The number of hydrogen-bond acceptors (Lipinski definition) is 14. The van der Waals surface area contributed by atoms with E-state index in [1.165, 1.54) is 51.4 Å². The van der Waals surface area contributed by atoms with Crippen molar-refractivity contribution in [3.63, 3.8) is 0 Å². The van der Waals surface area contributed by atoms with Gasteiger partial charge in [-0.25, -0.2) is 0 Å². The van der Waals surface area contributed by atoms with Crippen molar-refractivity contribution in [1.29, 1.82) is 0 Å². The summed E-state index contributed by atoms with van der Waals surface area (Å²) in [5, 5.41) is 17.2. The van der Waals surface area contributed by atoms with Crippen LogP contribution in [0, 0.1) is 0 Å². The lowest BCUT2D eigenvalue weighted by Crippen LogP contribution is -1.99. The zero-order valence-electron chi connectivity index (χ0n) is 52.5. The summed E-state index contributed by atoms with van der Waals surface area (Å²) in [6.45, 7) is 4.24. The molecule has 8 aromatic rings. The summed E-state index contributed by atoms with van der Waals surface area (Å²) in [5.41, 5.74) is 6.93. The minimum Gasteiger partial charge on any atom is -0.497 e. The van der Waals surface area contributed by atoms with Gasteiger partial charge in [0.05, 0.1) is 88.0 Å². The summed E-state index contributed by atoms with van der Waals surface area (Å²) in [6, 6.07) is 62.5. The van der Waals surface area contributed by atoms with Gasteiger partial charge in [0.2, 0.25) is 0 Å². The Labute approximate surface area is 533 Å². The minimum absolute atomic E-state index is 0.679. The summed E-state index contributed by atoms with van der Waals surface area (Å²) in [6.07, 6.45) is 24.1. The maximum Gasteiger partial charge on any atom is 0.119 e. The second-order valence-electron chi connectivity index (χ2n) is 21.9. The first-order valence-electron chi connectivity index (χ1n) is 32.1. The van der Waals surface area contributed by atoms with Crippen molar-refractivity contribution in [2.45, 2.75) is 116 Å². The van der Waals surface area contributed by atoms with Crippen LogP contribution in [0.15, 0.2) is 225 Å². The average Bonchev–Trinajstić information content (AvgIpc) is 3.80. The van der Waals surface area contributed by atoms with E-state index in [4.69, 9.17) is 37.9 Å². The molecule has 8 rings (SSSR count). The molecule has 0 saturated carbocycles. The molecule has 0 saturated heterocycles. The molecule has 8 aromatic carbocycles. The second-order valence-corrected chi connectivity index (χ2v) is 21.9. The molecule has 0 bridgehead atoms. The van der Waals surface area contributed by atoms with Crippen molar-refractivity contribution in [1.82, 2.24) is 0 Å². The highest BCUT2D eigenvalue weighted by Crippen LogP contribution is 2.27. The molecule has 0 aliphatic carbocycles. The Morgan fingerprint density at radius 2 is 0.389 bits per heavy atom. The molecule has 470 valence electrons. The number of aliphatic imine (C=N–C) groups is 2. The largest absolute Gasteiger partial charge is 0.497 e. The topological polar surface area (TPSA) is 148 Å². The van der Waals surface area contributed by atoms with Crippen LogP contribution in [0.1, 0.15) is 127 Å². The molecule has 0 fully saturated rings. The number of benzene rings is 8. The summed E-state index contributed by atoms with van der Waals surface area (Å²) in [5.74, 6) is 6.78. The van der Waals surface area contributed by atoms with Crippen molar-refractivity contribution in [3.05, 3.63) is 205 Å². The Hall–Kier alpha value is -9.30. The minimum atomic E-state index is 0.679. The fourth-order valence-corrected chi connectivity index (χ4v) is 9.48. The normalized spacial score (nSPS) is 11.4. The summed E-state index contributed by atoms with van der Waals surface area (Å²) >= 11 is 0. The predicted molar refractivity (Wildman–Crippen MR) is 364 cm³/mol. The monoisotopic (exact) mass is 1210 g/mol. The predicted octanol–water partition coefficient (Wildman–Crippen LogP) is 21.4. The highest BCUT2D eigenvalue weighted by atomic mass is 16.5. The van der Waals surface area contributed by atoms with Gasteiger partial charge in [0.25, 0.3) is 0 Å². The lowest BCUT2D eigenvalue weighted by atomic mass is 10.1. The average molecular weight is 1210 g/mol. The van der Waals surface area contributed by atoms with Gasteiger partial charge in [0.15, 0.2) is 0 Å². The third-order valence-electron chi connectivity index (χ3n) is 14.8. The molecular formula is C76H88N6O8. The first kappa shape index (κ1) is 66.6. The molecule has 0 heterocycles. The molecule has 0 spiro atoms. The molecular weight excluding hydrogens is 1120 g/mol. The van der Waals surface area contributed by atoms with E-state index in [0.717, 1.165) is 169 Å². The Morgan fingerprint density at radius 3 is 0.600 bits per heavy atom. The smallest absolute Gasteiger partial charge is 0.119 e. The van der Waals surface area contributed by atoms with E-state index >= 15 is 0 Å². The second kappa shape index (κ2) is 40.3. The van der Waals surface area contributed by atoms with Gasteiger partial charge in [0.1, 0.15) is 46.0 Å². The number of hydrogen-bond donors (Lipinski definition) is 0. The van der Waals surface area contributed by atoms with Crippen molar-refractivity contribution < 1.29 is 37.9 Å². The van der Waals surface area contributed by atoms with Gasteiger partial charge in [-0.05, 0) is 257 Å². The van der Waals surface area contributed by atoms with Gasteiger partial charge in [-0.1, -0.05) is 64.2 Å². The Kier molecular flexibility index (Phi) is 29.8. The molecule has 14 heteroatoms. The van der Waals surface area contributed by atoms with Crippen molar-refractivity contribution >= 4 is 46.6 Å².